The summed E-state index contributed by atoms with van der Waals surface area (Å²) in [5.41, 5.74) is 4.79. The van der Waals surface area contributed by atoms with E-state index in [0.717, 1.165) is 44.4 Å². The normalized spacial score (nSPS) is 12.5. The van der Waals surface area contributed by atoms with Crippen molar-refractivity contribution < 1.29 is 9.30 Å². The first-order chi connectivity index (χ1) is 13.4. The lowest BCUT2D eigenvalue weighted by atomic mass is 9.81. The average Bonchev–Trinajstić information content (AvgIpc) is 2.70. The maximum atomic E-state index is 9.97. The highest BCUT2D eigenvalue weighted by atomic mass is 16.5. The van der Waals surface area contributed by atoms with Gasteiger partial charge < -0.3 is 4.74 Å². The Morgan fingerprint density at radius 1 is 1.00 bits per heavy atom. The van der Waals surface area contributed by atoms with Crippen molar-refractivity contribution in [2.24, 2.45) is 7.05 Å². The summed E-state index contributed by atoms with van der Waals surface area (Å²) in [6.07, 6.45) is 0. The van der Waals surface area contributed by atoms with Crippen molar-refractivity contribution in [1.29, 1.82) is 5.26 Å². The van der Waals surface area contributed by atoms with Gasteiger partial charge in [0.25, 0.3) is 5.69 Å². The van der Waals surface area contributed by atoms with Gasteiger partial charge in [-0.25, -0.2) is 0 Å². The number of aryl methyl sites for hydroxylation is 2. The van der Waals surface area contributed by atoms with Crippen LogP contribution in [0.15, 0.2) is 54.6 Å². The zero-order chi connectivity index (χ0) is 19.6. The molecule has 4 aromatic rings. The fourth-order valence-electron chi connectivity index (χ4n) is 4.50. The lowest BCUT2D eigenvalue weighted by molar-refractivity contribution is -0.633. The van der Waals surface area contributed by atoms with E-state index in [-0.39, 0.29) is 0 Å². The van der Waals surface area contributed by atoms with E-state index in [1.54, 1.807) is 0 Å². The van der Waals surface area contributed by atoms with Crippen LogP contribution >= 0.6 is 0 Å². The van der Waals surface area contributed by atoms with Crippen LogP contribution in [0.5, 0.6) is 11.5 Å². The van der Waals surface area contributed by atoms with E-state index in [1.165, 1.54) is 11.1 Å². The number of rotatable bonds is 1. The van der Waals surface area contributed by atoms with Crippen molar-refractivity contribution in [1.82, 2.24) is 0 Å². The van der Waals surface area contributed by atoms with Crippen LogP contribution in [0.3, 0.4) is 0 Å². The van der Waals surface area contributed by atoms with E-state index in [9.17, 15) is 5.26 Å². The smallest absolute Gasteiger partial charge is 0.257 e. The first kappa shape index (κ1) is 16.8. The van der Waals surface area contributed by atoms with Gasteiger partial charge in [0.15, 0.2) is 0 Å². The minimum absolute atomic E-state index is 0.688. The van der Waals surface area contributed by atoms with Gasteiger partial charge in [-0.05, 0) is 43.9 Å². The Bertz CT molecular complexity index is 1340. The fourth-order valence-corrected chi connectivity index (χ4v) is 4.50. The van der Waals surface area contributed by atoms with Gasteiger partial charge in [-0.1, -0.05) is 36.4 Å². The second kappa shape index (κ2) is 5.56. The number of aromatic nitrogens is 1. The Labute approximate surface area is 164 Å². The molecule has 0 aliphatic carbocycles. The molecule has 1 aromatic heterocycles. The highest BCUT2D eigenvalue weighted by molar-refractivity contribution is 6.05. The third-order valence-electron chi connectivity index (χ3n) is 5.88. The predicted molar refractivity (Wildman–Crippen MR) is 112 cm³/mol. The van der Waals surface area contributed by atoms with Crippen LogP contribution in [0, 0.1) is 18.3 Å². The summed E-state index contributed by atoms with van der Waals surface area (Å²) in [4.78, 5) is 0. The Balaban J connectivity index is 2.07. The van der Waals surface area contributed by atoms with E-state index in [2.05, 4.69) is 54.9 Å². The van der Waals surface area contributed by atoms with Crippen molar-refractivity contribution in [2.45, 2.75) is 26.2 Å². The van der Waals surface area contributed by atoms with Crippen molar-refractivity contribution in [3.8, 4) is 28.8 Å². The molecule has 2 heterocycles. The summed E-state index contributed by atoms with van der Waals surface area (Å²) >= 11 is 0. The number of hydrogen-bond acceptors (Lipinski definition) is 2. The van der Waals surface area contributed by atoms with Crippen LogP contribution in [0.4, 0.5) is 0 Å². The Kier molecular flexibility index (Phi) is 3.33. The van der Waals surface area contributed by atoms with Crippen LogP contribution in [0.2, 0.25) is 0 Å². The van der Waals surface area contributed by atoms with E-state index < -0.39 is 5.41 Å². The summed E-state index contributed by atoms with van der Waals surface area (Å²) in [6, 6.07) is 21.2. The highest BCUT2D eigenvalue weighted by Gasteiger charge is 2.38. The Morgan fingerprint density at radius 2 is 1.79 bits per heavy atom. The quantitative estimate of drug-likeness (QED) is 0.357. The third-order valence-corrected chi connectivity index (χ3v) is 5.88. The molecule has 0 N–H and O–H groups in total. The van der Waals surface area contributed by atoms with Crippen LogP contribution < -0.4 is 9.30 Å². The molecular weight excluding hydrogens is 344 g/mol. The van der Waals surface area contributed by atoms with Gasteiger partial charge >= 0.3 is 0 Å². The van der Waals surface area contributed by atoms with Gasteiger partial charge in [0, 0.05) is 17.0 Å². The largest absolute Gasteiger partial charge is 0.449 e. The molecule has 0 atom stereocenters. The molecule has 3 nitrogen and oxygen atoms in total. The molecule has 1 aliphatic heterocycles. The lowest BCUT2D eigenvalue weighted by Crippen LogP contribution is -2.35. The molecule has 28 heavy (non-hydrogen) atoms. The number of ether oxygens (including phenoxy) is 1. The van der Waals surface area contributed by atoms with Crippen LogP contribution in [-0.2, 0) is 12.5 Å². The number of para-hydroxylation sites is 1. The average molecular weight is 365 g/mol. The number of pyridine rings is 1. The van der Waals surface area contributed by atoms with E-state index in [0.29, 0.717) is 0 Å². The second-order valence-corrected chi connectivity index (χ2v) is 8.08. The van der Waals surface area contributed by atoms with Gasteiger partial charge in [-0.3, -0.25) is 0 Å². The summed E-state index contributed by atoms with van der Waals surface area (Å²) < 4.78 is 8.75. The molecule has 0 bridgehead atoms. The van der Waals surface area contributed by atoms with E-state index in [4.69, 9.17) is 4.74 Å². The van der Waals surface area contributed by atoms with Gasteiger partial charge in [-0.2, -0.15) is 9.83 Å². The van der Waals surface area contributed by atoms with Gasteiger partial charge in [-0.15, -0.1) is 0 Å². The molecule has 0 unspecified atom stereocenters. The fraction of sp³-hybridized carbons (Fsp3) is 0.200. The van der Waals surface area contributed by atoms with Crippen molar-refractivity contribution in [2.75, 3.05) is 0 Å². The maximum Gasteiger partial charge on any atom is 0.257 e. The minimum atomic E-state index is -0.688. The lowest BCUT2D eigenvalue weighted by Gasteiger charge is -2.27. The summed E-state index contributed by atoms with van der Waals surface area (Å²) in [5.74, 6) is 1.65. The summed E-state index contributed by atoms with van der Waals surface area (Å²) in [5, 5.41) is 13.3. The van der Waals surface area contributed by atoms with E-state index >= 15 is 0 Å². The molecule has 0 saturated carbocycles. The molecule has 136 valence electrons. The number of benzene rings is 3. The first-order valence-electron chi connectivity index (χ1n) is 9.51. The maximum absolute atomic E-state index is 9.97. The standard InChI is InChI=1S/C25H21N2O/c1-15-12-13-16-8-7-11-19-21(16)20(15)23-24(28-19)22(25(2,3)14-26)17-9-5-6-10-18(17)27(23)4/h5-13H,1-4H3/q+1. The zero-order valence-corrected chi connectivity index (χ0v) is 16.5. The molecular formula is C25H21N2O+. The number of fused-ring (bicyclic) bond motifs is 3. The van der Waals surface area contributed by atoms with Crippen molar-refractivity contribution >= 4 is 21.7 Å². The van der Waals surface area contributed by atoms with Crippen molar-refractivity contribution in [3.05, 3.63) is 65.7 Å². The van der Waals surface area contributed by atoms with Gasteiger partial charge in [0.2, 0.25) is 11.3 Å². The van der Waals surface area contributed by atoms with Crippen molar-refractivity contribution in [3.63, 3.8) is 0 Å². The molecule has 0 amide bonds. The number of nitriles is 1. The van der Waals surface area contributed by atoms with E-state index in [1.807, 2.05) is 38.1 Å². The minimum Gasteiger partial charge on any atom is -0.449 e. The molecule has 3 heteroatoms. The highest BCUT2D eigenvalue weighted by Crippen LogP contribution is 2.51. The zero-order valence-electron chi connectivity index (χ0n) is 16.5. The van der Waals surface area contributed by atoms with Crippen LogP contribution in [0.25, 0.3) is 32.9 Å². The van der Waals surface area contributed by atoms with Gasteiger partial charge in [0.05, 0.1) is 22.4 Å². The molecule has 1 aliphatic rings. The molecule has 0 saturated heterocycles. The molecule has 0 radical (unpaired) electrons. The summed E-state index contributed by atoms with van der Waals surface area (Å²) in [7, 11) is 2.08. The molecule has 5 rings (SSSR count). The predicted octanol–water partition coefficient (Wildman–Crippen LogP) is 5.70. The monoisotopic (exact) mass is 365 g/mol. The topological polar surface area (TPSA) is 36.9 Å². The number of nitrogens with zero attached hydrogens (tertiary/aromatic N) is 2. The third kappa shape index (κ3) is 2.06. The van der Waals surface area contributed by atoms with Gasteiger partial charge in [0.1, 0.15) is 12.8 Å². The summed E-state index contributed by atoms with van der Waals surface area (Å²) in [6.45, 7) is 6.07. The van der Waals surface area contributed by atoms with Crippen LogP contribution in [-0.4, -0.2) is 0 Å². The Morgan fingerprint density at radius 3 is 2.57 bits per heavy atom. The SMILES string of the molecule is Cc1ccc2cccc3c2c1-c1c(c(C(C)(C)C#N)c2ccccc2[n+]1C)O3. The molecule has 0 spiro atoms. The first-order valence-corrected chi connectivity index (χ1v) is 9.51. The van der Waals surface area contributed by atoms with Crippen LogP contribution in [0.1, 0.15) is 25.0 Å². The molecule has 3 aromatic carbocycles. The number of hydrogen-bond donors (Lipinski definition) is 0. The molecule has 0 fully saturated rings. The Hall–Kier alpha value is -3.38. The second-order valence-electron chi connectivity index (χ2n) is 8.08.